The van der Waals surface area contributed by atoms with Gasteiger partial charge in [0, 0.05) is 21.7 Å². The van der Waals surface area contributed by atoms with Gasteiger partial charge in [0.25, 0.3) is 0 Å². The molecule has 1 aromatic carbocycles. The first kappa shape index (κ1) is 13.8. The number of rotatable bonds is 3. The summed E-state index contributed by atoms with van der Waals surface area (Å²) in [4.78, 5) is 4.15. The summed E-state index contributed by atoms with van der Waals surface area (Å²) in [5.74, 6) is 0.292. The summed E-state index contributed by atoms with van der Waals surface area (Å²) in [6.45, 7) is 0.437. The fourth-order valence-electron chi connectivity index (χ4n) is 1.40. The molecular formula is C12H8Br2ClFN2. The van der Waals surface area contributed by atoms with E-state index in [-0.39, 0.29) is 5.82 Å². The van der Waals surface area contributed by atoms with Crippen molar-refractivity contribution in [2.45, 2.75) is 6.54 Å². The zero-order valence-electron chi connectivity index (χ0n) is 9.05. The third-order valence-corrected chi connectivity index (χ3v) is 3.76. The van der Waals surface area contributed by atoms with Gasteiger partial charge in [0.05, 0.1) is 5.02 Å². The van der Waals surface area contributed by atoms with E-state index in [1.165, 1.54) is 12.1 Å². The van der Waals surface area contributed by atoms with E-state index >= 15 is 0 Å². The molecule has 0 radical (unpaired) electrons. The number of nitrogens with zero attached hydrogens (tertiary/aromatic N) is 1. The highest BCUT2D eigenvalue weighted by atomic mass is 79.9. The van der Waals surface area contributed by atoms with Gasteiger partial charge in [-0.05, 0) is 45.8 Å². The van der Waals surface area contributed by atoms with E-state index in [1.807, 2.05) is 0 Å². The molecule has 1 aromatic heterocycles. The second-order valence-corrected chi connectivity index (χ2v) is 5.75. The first-order valence-electron chi connectivity index (χ1n) is 5.05. The maximum atomic E-state index is 13.1. The average molecular weight is 394 g/mol. The molecule has 1 N–H and O–H groups in total. The van der Waals surface area contributed by atoms with E-state index in [2.05, 4.69) is 42.2 Å². The zero-order chi connectivity index (χ0) is 13.1. The van der Waals surface area contributed by atoms with Crippen LogP contribution < -0.4 is 5.32 Å². The van der Waals surface area contributed by atoms with Crippen molar-refractivity contribution < 1.29 is 4.39 Å². The van der Waals surface area contributed by atoms with Crippen LogP contribution in [0.4, 0.5) is 10.2 Å². The Labute approximate surface area is 126 Å². The van der Waals surface area contributed by atoms with Crippen molar-refractivity contribution in [3.8, 4) is 0 Å². The summed E-state index contributed by atoms with van der Waals surface area (Å²) in [6.07, 6.45) is 1.65. The van der Waals surface area contributed by atoms with Gasteiger partial charge >= 0.3 is 0 Å². The van der Waals surface area contributed by atoms with Crippen molar-refractivity contribution in [1.29, 1.82) is 0 Å². The van der Waals surface area contributed by atoms with Crippen LogP contribution in [0, 0.1) is 5.82 Å². The number of halogens is 4. The van der Waals surface area contributed by atoms with E-state index in [0.717, 1.165) is 14.5 Å². The van der Waals surface area contributed by atoms with Crippen LogP contribution in [0.25, 0.3) is 0 Å². The normalized spacial score (nSPS) is 10.4. The highest BCUT2D eigenvalue weighted by Gasteiger charge is 2.05. The lowest BCUT2D eigenvalue weighted by Crippen LogP contribution is -2.03. The van der Waals surface area contributed by atoms with Crippen molar-refractivity contribution in [1.82, 2.24) is 4.98 Å². The van der Waals surface area contributed by atoms with Crippen molar-refractivity contribution in [3.63, 3.8) is 0 Å². The molecule has 1 heterocycles. The molecule has 0 saturated heterocycles. The Bertz CT molecular complexity index is 578. The van der Waals surface area contributed by atoms with Crippen LogP contribution in [-0.4, -0.2) is 4.98 Å². The molecule has 6 heteroatoms. The lowest BCUT2D eigenvalue weighted by molar-refractivity contribution is 0.625. The van der Waals surface area contributed by atoms with Gasteiger partial charge in [-0.1, -0.05) is 27.5 Å². The molecule has 2 aromatic rings. The number of hydrogen-bond donors (Lipinski definition) is 1. The highest BCUT2D eigenvalue weighted by Crippen LogP contribution is 2.24. The number of pyridine rings is 1. The number of aromatic nitrogens is 1. The lowest BCUT2D eigenvalue weighted by atomic mass is 10.2. The van der Waals surface area contributed by atoms with Gasteiger partial charge in [0.15, 0.2) is 0 Å². The minimum atomic E-state index is -0.273. The first-order valence-corrected chi connectivity index (χ1v) is 7.01. The summed E-state index contributed by atoms with van der Waals surface area (Å²) in [6, 6.07) is 6.28. The topological polar surface area (TPSA) is 24.9 Å². The fourth-order valence-corrected chi connectivity index (χ4v) is 2.49. The Kier molecular flexibility index (Phi) is 4.59. The van der Waals surface area contributed by atoms with Crippen molar-refractivity contribution >= 4 is 49.3 Å². The third-order valence-electron chi connectivity index (χ3n) is 2.26. The molecule has 0 unspecified atom stereocenters. The van der Waals surface area contributed by atoms with Crippen LogP contribution in [0.3, 0.4) is 0 Å². The molecule has 0 aliphatic carbocycles. The third kappa shape index (κ3) is 3.43. The van der Waals surface area contributed by atoms with E-state index in [9.17, 15) is 4.39 Å². The number of benzene rings is 1. The molecule has 2 rings (SSSR count). The zero-order valence-corrected chi connectivity index (χ0v) is 13.0. The number of hydrogen-bond acceptors (Lipinski definition) is 2. The molecule has 0 saturated carbocycles. The van der Waals surface area contributed by atoms with Crippen molar-refractivity contribution in [2.75, 3.05) is 5.32 Å². The molecule has 0 atom stereocenters. The summed E-state index contributed by atoms with van der Waals surface area (Å²) in [7, 11) is 0. The van der Waals surface area contributed by atoms with Gasteiger partial charge in [-0.2, -0.15) is 0 Å². The van der Waals surface area contributed by atoms with Crippen molar-refractivity contribution in [3.05, 3.63) is 55.8 Å². The SMILES string of the molecule is Fc1ccc(Br)c(CNc2ncc(Br)cc2Cl)c1. The Hall–Kier alpha value is -0.650. The van der Waals surface area contributed by atoms with Crippen LogP contribution in [-0.2, 0) is 6.54 Å². The molecule has 0 aliphatic heterocycles. The second kappa shape index (κ2) is 5.99. The molecule has 0 spiro atoms. The van der Waals surface area contributed by atoms with E-state index in [4.69, 9.17) is 11.6 Å². The van der Waals surface area contributed by atoms with E-state index < -0.39 is 0 Å². The highest BCUT2D eigenvalue weighted by molar-refractivity contribution is 9.10. The van der Waals surface area contributed by atoms with Crippen LogP contribution in [0.1, 0.15) is 5.56 Å². The summed E-state index contributed by atoms with van der Waals surface area (Å²) in [5, 5.41) is 3.57. The smallest absolute Gasteiger partial charge is 0.145 e. The molecular weight excluding hydrogens is 386 g/mol. The number of nitrogens with one attached hydrogen (secondary N) is 1. The second-order valence-electron chi connectivity index (χ2n) is 3.57. The lowest BCUT2D eigenvalue weighted by Gasteiger charge is -2.09. The Morgan fingerprint density at radius 2 is 2.06 bits per heavy atom. The van der Waals surface area contributed by atoms with Crippen molar-refractivity contribution in [2.24, 2.45) is 0 Å². The quantitative estimate of drug-likeness (QED) is 0.792. The Morgan fingerprint density at radius 3 is 2.78 bits per heavy atom. The molecule has 94 valence electrons. The van der Waals surface area contributed by atoms with Crippen LogP contribution in [0.15, 0.2) is 39.4 Å². The van der Waals surface area contributed by atoms with Gasteiger partial charge in [-0.15, -0.1) is 0 Å². The molecule has 18 heavy (non-hydrogen) atoms. The van der Waals surface area contributed by atoms with Gasteiger partial charge < -0.3 is 5.32 Å². The minimum absolute atomic E-state index is 0.273. The monoisotopic (exact) mass is 392 g/mol. The van der Waals surface area contributed by atoms with E-state index in [0.29, 0.717) is 17.4 Å². The number of anilines is 1. The predicted molar refractivity (Wildman–Crippen MR) is 78.4 cm³/mol. The molecule has 2 nitrogen and oxygen atoms in total. The minimum Gasteiger partial charge on any atom is -0.365 e. The van der Waals surface area contributed by atoms with Gasteiger partial charge in [-0.25, -0.2) is 9.37 Å². The first-order chi connectivity index (χ1) is 8.56. The summed E-state index contributed by atoms with van der Waals surface area (Å²) in [5.41, 5.74) is 0.802. The van der Waals surface area contributed by atoms with Crippen LogP contribution in [0.2, 0.25) is 5.02 Å². The van der Waals surface area contributed by atoms with Crippen LogP contribution in [0.5, 0.6) is 0 Å². The maximum absolute atomic E-state index is 13.1. The van der Waals surface area contributed by atoms with Gasteiger partial charge in [0.1, 0.15) is 11.6 Å². The molecule has 0 bridgehead atoms. The predicted octanol–water partition coefficient (Wildman–Crippen LogP) is 5.01. The standard InChI is InChI=1S/C12H8Br2ClFN2/c13-8-4-11(15)12(18-6-8)17-5-7-3-9(16)1-2-10(7)14/h1-4,6H,5H2,(H,17,18). The molecule has 0 fully saturated rings. The van der Waals surface area contributed by atoms with Gasteiger partial charge in [0.2, 0.25) is 0 Å². The molecule has 0 aliphatic rings. The maximum Gasteiger partial charge on any atom is 0.145 e. The Morgan fingerprint density at radius 1 is 1.28 bits per heavy atom. The van der Waals surface area contributed by atoms with Crippen LogP contribution >= 0.6 is 43.5 Å². The van der Waals surface area contributed by atoms with Gasteiger partial charge in [-0.3, -0.25) is 0 Å². The fraction of sp³-hybridized carbons (Fsp3) is 0.0833. The average Bonchev–Trinajstić information content (AvgIpc) is 2.32. The Balaban J connectivity index is 2.13. The molecule has 0 amide bonds. The summed E-state index contributed by atoms with van der Waals surface area (Å²) >= 11 is 12.7. The summed E-state index contributed by atoms with van der Waals surface area (Å²) < 4.78 is 14.8. The largest absolute Gasteiger partial charge is 0.365 e. The van der Waals surface area contributed by atoms with E-state index in [1.54, 1.807) is 18.3 Å².